The number of likely N-dealkylation sites (tertiary alicyclic amines) is 1. The first-order chi connectivity index (χ1) is 9.83. The first kappa shape index (κ1) is 16.6. The molecule has 0 aromatic heterocycles. The minimum Gasteiger partial charge on any atom is -0.444 e. The highest BCUT2D eigenvalue weighted by Crippen LogP contribution is 2.28. The number of rotatable bonds is 2. The molecule has 2 atom stereocenters. The fraction of sp³-hybridized carbons (Fsp3) is 0.941. The van der Waals surface area contributed by atoms with Crippen LogP contribution in [0, 0.1) is 5.92 Å². The summed E-state index contributed by atoms with van der Waals surface area (Å²) >= 11 is 0. The van der Waals surface area contributed by atoms with Gasteiger partial charge in [0.2, 0.25) is 0 Å². The molecule has 2 aliphatic rings. The highest BCUT2D eigenvalue weighted by molar-refractivity contribution is 5.68. The van der Waals surface area contributed by atoms with Crippen molar-refractivity contribution in [3.05, 3.63) is 0 Å². The largest absolute Gasteiger partial charge is 0.444 e. The molecule has 2 rings (SSSR count). The van der Waals surface area contributed by atoms with Crippen LogP contribution in [0.4, 0.5) is 4.79 Å². The summed E-state index contributed by atoms with van der Waals surface area (Å²) < 4.78 is 11.7. The number of nitrogens with zero attached hydrogens (tertiary/aromatic N) is 1. The zero-order valence-electron chi connectivity index (χ0n) is 14.1. The predicted molar refractivity (Wildman–Crippen MR) is 83.3 cm³/mol. The topological polar surface area (TPSA) is 38.8 Å². The average Bonchev–Trinajstić information content (AvgIpc) is 2.37. The Kier molecular flexibility index (Phi) is 5.53. The number of amides is 1. The highest BCUT2D eigenvalue weighted by atomic mass is 16.6. The van der Waals surface area contributed by atoms with Crippen LogP contribution in [0.2, 0.25) is 0 Å². The summed E-state index contributed by atoms with van der Waals surface area (Å²) in [5.74, 6) is 0.797. The van der Waals surface area contributed by atoms with Gasteiger partial charge in [0, 0.05) is 13.1 Å². The van der Waals surface area contributed by atoms with E-state index in [0.29, 0.717) is 12.2 Å². The second-order valence-corrected chi connectivity index (χ2v) is 7.70. The third kappa shape index (κ3) is 5.50. The molecule has 0 radical (unpaired) electrons. The molecule has 1 aliphatic carbocycles. The van der Waals surface area contributed by atoms with Crippen LogP contribution in [0.5, 0.6) is 0 Å². The van der Waals surface area contributed by atoms with Crippen LogP contribution in [0.3, 0.4) is 0 Å². The number of hydrogen-bond donors (Lipinski definition) is 0. The van der Waals surface area contributed by atoms with Crippen molar-refractivity contribution >= 4 is 6.09 Å². The van der Waals surface area contributed by atoms with Crippen molar-refractivity contribution in [1.82, 2.24) is 4.90 Å². The Hall–Kier alpha value is -0.770. The van der Waals surface area contributed by atoms with Gasteiger partial charge in [0.25, 0.3) is 0 Å². The Morgan fingerprint density at radius 2 is 1.71 bits per heavy atom. The minimum atomic E-state index is -0.414. The Morgan fingerprint density at radius 1 is 1.05 bits per heavy atom. The van der Waals surface area contributed by atoms with Crippen molar-refractivity contribution in [1.29, 1.82) is 0 Å². The molecule has 4 nitrogen and oxygen atoms in total. The Labute approximate surface area is 129 Å². The van der Waals surface area contributed by atoms with Crippen molar-refractivity contribution in [3.8, 4) is 0 Å². The Balaban J connectivity index is 1.71. The van der Waals surface area contributed by atoms with E-state index in [4.69, 9.17) is 9.47 Å². The molecule has 0 spiro atoms. The summed E-state index contributed by atoms with van der Waals surface area (Å²) in [7, 11) is 0. The lowest BCUT2D eigenvalue weighted by molar-refractivity contribution is -0.0640. The van der Waals surface area contributed by atoms with E-state index in [1.165, 1.54) is 25.7 Å². The zero-order valence-corrected chi connectivity index (χ0v) is 14.1. The lowest BCUT2D eigenvalue weighted by Crippen LogP contribution is -2.44. The average molecular weight is 297 g/mol. The summed E-state index contributed by atoms with van der Waals surface area (Å²) in [6.45, 7) is 9.55. The van der Waals surface area contributed by atoms with Gasteiger partial charge in [0.1, 0.15) is 5.60 Å². The van der Waals surface area contributed by atoms with Gasteiger partial charge in [-0.1, -0.05) is 19.8 Å². The number of piperidine rings is 1. The van der Waals surface area contributed by atoms with E-state index in [2.05, 4.69) is 6.92 Å². The van der Waals surface area contributed by atoms with Gasteiger partial charge < -0.3 is 14.4 Å². The van der Waals surface area contributed by atoms with Crippen LogP contribution in [-0.4, -0.2) is 41.9 Å². The third-order valence-electron chi connectivity index (χ3n) is 4.37. The second-order valence-electron chi connectivity index (χ2n) is 7.70. The van der Waals surface area contributed by atoms with Gasteiger partial charge in [-0.3, -0.25) is 0 Å². The Morgan fingerprint density at radius 3 is 2.29 bits per heavy atom. The molecule has 0 aromatic rings. The SMILES string of the molecule is CC1CCCC(OC2CCN(C(=O)OC(C)(C)C)CC2)C1. The van der Waals surface area contributed by atoms with Crippen LogP contribution in [0.25, 0.3) is 0 Å². The number of carbonyl (C=O) groups excluding carboxylic acids is 1. The molecule has 1 saturated carbocycles. The van der Waals surface area contributed by atoms with E-state index < -0.39 is 5.60 Å². The van der Waals surface area contributed by atoms with E-state index in [1.807, 2.05) is 25.7 Å². The summed E-state index contributed by atoms with van der Waals surface area (Å²) in [5.41, 5.74) is -0.414. The number of hydrogen-bond acceptors (Lipinski definition) is 3. The first-order valence-corrected chi connectivity index (χ1v) is 8.47. The first-order valence-electron chi connectivity index (χ1n) is 8.47. The monoisotopic (exact) mass is 297 g/mol. The minimum absolute atomic E-state index is 0.188. The Bertz CT molecular complexity index is 342. The van der Waals surface area contributed by atoms with E-state index in [1.54, 1.807) is 0 Å². The molecule has 2 fully saturated rings. The van der Waals surface area contributed by atoms with Gasteiger partial charge >= 0.3 is 6.09 Å². The van der Waals surface area contributed by atoms with Gasteiger partial charge in [0.15, 0.2) is 0 Å². The molecular weight excluding hydrogens is 266 g/mol. The maximum Gasteiger partial charge on any atom is 0.410 e. The van der Waals surface area contributed by atoms with E-state index in [0.717, 1.165) is 31.8 Å². The van der Waals surface area contributed by atoms with Crippen LogP contribution in [-0.2, 0) is 9.47 Å². The van der Waals surface area contributed by atoms with Crippen molar-refractivity contribution in [2.75, 3.05) is 13.1 Å². The molecule has 4 heteroatoms. The lowest BCUT2D eigenvalue weighted by atomic mass is 9.88. The van der Waals surface area contributed by atoms with E-state index in [-0.39, 0.29) is 6.09 Å². The maximum absolute atomic E-state index is 12.0. The second kappa shape index (κ2) is 6.99. The molecule has 0 aromatic carbocycles. The predicted octanol–water partition coefficient (Wildman–Crippen LogP) is 3.98. The zero-order chi connectivity index (χ0) is 15.5. The molecule has 1 aliphatic heterocycles. The van der Waals surface area contributed by atoms with Crippen LogP contribution in [0.1, 0.15) is 66.2 Å². The molecular formula is C17H31NO3. The summed E-state index contributed by atoms with van der Waals surface area (Å²) in [6.07, 6.45) is 7.48. The standard InChI is InChI=1S/C17H31NO3/c1-13-6-5-7-15(12-13)20-14-8-10-18(11-9-14)16(19)21-17(2,3)4/h13-15H,5-12H2,1-4H3. The fourth-order valence-electron chi connectivity index (χ4n) is 3.28. The van der Waals surface area contributed by atoms with Gasteiger partial charge in [-0.05, 0) is 52.4 Å². The van der Waals surface area contributed by atoms with Gasteiger partial charge in [-0.15, -0.1) is 0 Å². The third-order valence-corrected chi connectivity index (χ3v) is 4.37. The number of ether oxygens (including phenoxy) is 2. The summed E-state index contributed by atoms with van der Waals surface area (Å²) in [6, 6.07) is 0. The summed E-state index contributed by atoms with van der Waals surface area (Å²) in [4.78, 5) is 13.8. The molecule has 0 N–H and O–H groups in total. The molecule has 1 heterocycles. The van der Waals surface area contributed by atoms with Gasteiger partial charge in [-0.2, -0.15) is 0 Å². The molecule has 21 heavy (non-hydrogen) atoms. The van der Waals surface area contributed by atoms with Gasteiger partial charge in [0.05, 0.1) is 12.2 Å². The van der Waals surface area contributed by atoms with E-state index in [9.17, 15) is 4.79 Å². The van der Waals surface area contributed by atoms with Crippen molar-refractivity contribution in [2.24, 2.45) is 5.92 Å². The van der Waals surface area contributed by atoms with Crippen molar-refractivity contribution in [2.45, 2.75) is 84.0 Å². The van der Waals surface area contributed by atoms with Crippen molar-refractivity contribution < 1.29 is 14.3 Å². The lowest BCUT2D eigenvalue weighted by Gasteiger charge is -2.36. The normalized spacial score (nSPS) is 28.5. The quantitative estimate of drug-likeness (QED) is 0.774. The fourth-order valence-corrected chi connectivity index (χ4v) is 3.28. The molecule has 0 bridgehead atoms. The van der Waals surface area contributed by atoms with E-state index >= 15 is 0 Å². The van der Waals surface area contributed by atoms with Crippen LogP contribution < -0.4 is 0 Å². The molecule has 2 unspecified atom stereocenters. The van der Waals surface area contributed by atoms with Gasteiger partial charge in [-0.25, -0.2) is 4.79 Å². The molecule has 1 saturated heterocycles. The maximum atomic E-state index is 12.0. The van der Waals surface area contributed by atoms with Crippen LogP contribution in [0.15, 0.2) is 0 Å². The van der Waals surface area contributed by atoms with Crippen LogP contribution >= 0.6 is 0 Å². The molecule has 122 valence electrons. The highest BCUT2D eigenvalue weighted by Gasteiger charge is 2.29. The number of carbonyl (C=O) groups is 1. The van der Waals surface area contributed by atoms with Crippen molar-refractivity contribution in [3.63, 3.8) is 0 Å². The molecule has 1 amide bonds. The summed E-state index contributed by atoms with van der Waals surface area (Å²) in [5, 5.41) is 0. The smallest absolute Gasteiger partial charge is 0.410 e.